The Morgan fingerprint density at radius 3 is 2.51 bits per heavy atom. The molecule has 11 heteroatoms. The SMILES string of the molecule is O=C(NCCS(=O)(=O)N1CCN(c2ccccn2)CC1)c1nn(-c2ccc(F)cc2)c2c1CCC2. The Morgan fingerprint density at radius 1 is 1.03 bits per heavy atom. The quantitative estimate of drug-likeness (QED) is 0.533. The van der Waals surface area contributed by atoms with Crippen molar-refractivity contribution in [2.75, 3.05) is 43.4 Å². The number of carbonyl (C=O) groups is 1. The molecule has 1 aromatic carbocycles. The van der Waals surface area contributed by atoms with Gasteiger partial charge < -0.3 is 10.2 Å². The Balaban J connectivity index is 1.19. The summed E-state index contributed by atoms with van der Waals surface area (Å²) in [5.74, 6) is -0.0677. The van der Waals surface area contributed by atoms with E-state index in [4.69, 9.17) is 0 Å². The van der Waals surface area contributed by atoms with Crippen LogP contribution in [0.2, 0.25) is 0 Å². The van der Waals surface area contributed by atoms with Gasteiger partial charge in [0, 0.05) is 50.2 Å². The van der Waals surface area contributed by atoms with E-state index in [2.05, 4.69) is 20.3 Å². The minimum Gasteiger partial charge on any atom is -0.354 e. The molecule has 2 aromatic heterocycles. The summed E-state index contributed by atoms with van der Waals surface area (Å²) in [6.45, 7) is 1.88. The summed E-state index contributed by atoms with van der Waals surface area (Å²) in [6, 6.07) is 11.6. The number of halogens is 1. The largest absolute Gasteiger partial charge is 0.354 e. The number of rotatable bonds is 7. The molecule has 1 amide bonds. The zero-order valence-electron chi connectivity index (χ0n) is 19.2. The molecule has 0 saturated carbocycles. The zero-order valence-corrected chi connectivity index (χ0v) is 20.0. The van der Waals surface area contributed by atoms with E-state index in [-0.39, 0.29) is 24.0 Å². The van der Waals surface area contributed by atoms with Gasteiger partial charge in [-0.25, -0.2) is 22.5 Å². The molecule has 2 aliphatic rings. The third-order valence-corrected chi connectivity index (χ3v) is 8.34. The molecule has 5 rings (SSSR count). The molecule has 1 fully saturated rings. The zero-order chi connectivity index (χ0) is 24.4. The highest BCUT2D eigenvalue weighted by atomic mass is 32.2. The Morgan fingerprint density at radius 2 is 1.80 bits per heavy atom. The van der Waals surface area contributed by atoms with Crippen molar-refractivity contribution in [2.24, 2.45) is 0 Å². The Kier molecular flexibility index (Phi) is 6.52. The van der Waals surface area contributed by atoms with E-state index in [9.17, 15) is 17.6 Å². The molecule has 1 aliphatic carbocycles. The van der Waals surface area contributed by atoms with Gasteiger partial charge >= 0.3 is 0 Å². The second-order valence-electron chi connectivity index (χ2n) is 8.66. The molecule has 1 aliphatic heterocycles. The maximum atomic E-state index is 13.3. The van der Waals surface area contributed by atoms with Crippen molar-refractivity contribution in [3.63, 3.8) is 0 Å². The van der Waals surface area contributed by atoms with Crippen LogP contribution in [0.1, 0.15) is 28.2 Å². The minimum atomic E-state index is -3.51. The van der Waals surface area contributed by atoms with Crippen LogP contribution in [0.5, 0.6) is 0 Å². The van der Waals surface area contributed by atoms with Crippen molar-refractivity contribution in [1.82, 2.24) is 24.4 Å². The van der Waals surface area contributed by atoms with E-state index in [0.29, 0.717) is 37.6 Å². The van der Waals surface area contributed by atoms with Gasteiger partial charge in [-0.15, -0.1) is 0 Å². The van der Waals surface area contributed by atoms with Crippen LogP contribution in [-0.4, -0.2) is 71.9 Å². The lowest BCUT2D eigenvalue weighted by molar-refractivity contribution is 0.0949. The van der Waals surface area contributed by atoms with Gasteiger partial charge in [-0.2, -0.15) is 9.40 Å². The number of nitrogens with one attached hydrogen (secondary N) is 1. The average molecular weight is 499 g/mol. The number of pyridine rings is 1. The summed E-state index contributed by atoms with van der Waals surface area (Å²) in [6.07, 6.45) is 4.15. The summed E-state index contributed by atoms with van der Waals surface area (Å²) >= 11 is 0. The van der Waals surface area contributed by atoms with Crippen molar-refractivity contribution >= 4 is 21.7 Å². The third-order valence-electron chi connectivity index (χ3n) is 6.47. The van der Waals surface area contributed by atoms with Gasteiger partial charge in [0.25, 0.3) is 5.91 Å². The van der Waals surface area contributed by atoms with E-state index < -0.39 is 10.0 Å². The lowest BCUT2D eigenvalue weighted by Gasteiger charge is -2.34. The van der Waals surface area contributed by atoms with Gasteiger partial charge in [-0.3, -0.25) is 4.79 Å². The molecule has 3 aromatic rings. The number of aromatic nitrogens is 3. The molecular formula is C24H27FN6O3S. The van der Waals surface area contributed by atoms with Gasteiger partial charge in [0.2, 0.25) is 10.0 Å². The highest BCUT2D eigenvalue weighted by molar-refractivity contribution is 7.89. The van der Waals surface area contributed by atoms with Crippen LogP contribution in [-0.2, 0) is 22.9 Å². The van der Waals surface area contributed by atoms with E-state index >= 15 is 0 Å². The van der Waals surface area contributed by atoms with Gasteiger partial charge in [-0.1, -0.05) is 6.07 Å². The normalized spacial score (nSPS) is 16.3. The van der Waals surface area contributed by atoms with Gasteiger partial charge in [0.05, 0.1) is 11.4 Å². The van der Waals surface area contributed by atoms with E-state index in [1.807, 2.05) is 18.2 Å². The smallest absolute Gasteiger partial charge is 0.272 e. The van der Waals surface area contributed by atoms with Crippen molar-refractivity contribution in [1.29, 1.82) is 0 Å². The molecule has 0 unspecified atom stereocenters. The number of sulfonamides is 1. The van der Waals surface area contributed by atoms with Crippen molar-refractivity contribution in [3.8, 4) is 5.69 Å². The summed E-state index contributed by atoms with van der Waals surface area (Å²) in [5.41, 5.74) is 2.82. The summed E-state index contributed by atoms with van der Waals surface area (Å²) in [7, 11) is -3.51. The first kappa shape index (κ1) is 23.4. The van der Waals surface area contributed by atoms with E-state index in [1.54, 1.807) is 23.0 Å². The van der Waals surface area contributed by atoms with Crippen LogP contribution in [0.4, 0.5) is 10.2 Å². The third kappa shape index (κ3) is 4.92. The fourth-order valence-electron chi connectivity index (χ4n) is 4.66. The molecule has 0 spiro atoms. The molecule has 3 heterocycles. The molecule has 1 N–H and O–H groups in total. The highest BCUT2D eigenvalue weighted by Gasteiger charge is 2.29. The lowest BCUT2D eigenvalue weighted by Crippen LogP contribution is -2.50. The first-order chi connectivity index (χ1) is 16.9. The number of hydrogen-bond donors (Lipinski definition) is 1. The summed E-state index contributed by atoms with van der Waals surface area (Å²) in [5, 5.41) is 7.22. The maximum absolute atomic E-state index is 13.3. The first-order valence-electron chi connectivity index (χ1n) is 11.7. The minimum absolute atomic E-state index is 0.000195. The monoisotopic (exact) mass is 498 g/mol. The predicted octanol–water partition coefficient (Wildman–Crippen LogP) is 1.78. The van der Waals surface area contributed by atoms with E-state index in [0.717, 1.165) is 36.3 Å². The van der Waals surface area contributed by atoms with Crippen molar-refractivity contribution in [2.45, 2.75) is 19.3 Å². The molecule has 9 nitrogen and oxygen atoms in total. The number of fused-ring (bicyclic) bond motifs is 1. The van der Waals surface area contributed by atoms with Crippen LogP contribution in [0, 0.1) is 5.82 Å². The van der Waals surface area contributed by atoms with Gasteiger partial charge in [-0.05, 0) is 55.7 Å². The average Bonchev–Trinajstić information content (AvgIpc) is 3.48. The highest BCUT2D eigenvalue weighted by Crippen LogP contribution is 2.28. The Labute approximate surface area is 203 Å². The topological polar surface area (TPSA) is 100 Å². The predicted molar refractivity (Wildman–Crippen MR) is 130 cm³/mol. The molecule has 184 valence electrons. The summed E-state index contributed by atoms with van der Waals surface area (Å²) in [4.78, 5) is 19.3. The number of carbonyl (C=O) groups excluding carboxylic acids is 1. The van der Waals surface area contributed by atoms with Crippen LogP contribution >= 0.6 is 0 Å². The number of hydrogen-bond acceptors (Lipinski definition) is 6. The molecule has 0 bridgehead atoms. The number of benzene rings is 1. The molecular weight excluding hydrogens is 471 g/mol. The summed E-state index contributed by atoms with van der Waals surface area (Å²) < 4.78 is 42.2. The van der Waals surface area contributed by atoms with Crippen LogP contribution in [0.3, 0.4) is 0 Å². The van der Waals surface area contributed by atoms with Gasteiger partial charge in [0.1, 0.15) is 11.6 Å². The fourth-order valence-corrected chi connectivity index (χ4v) is 6.00. The second kappa shape index (κ2) is 9.74. The fraction of sp³-hybridized carbons (Fsp3) is 0.375. The molecule has 35 heavy (non-hydrogen) atoms. The Hall–Kier alpha value is -3.31. The number of anilines is 1. The maximum Gasteiger partial charge on any atom is 0.272 e. The number of amides is 1. The second-order valence-corrected chi connectivity index (χ2v) is 10.8. The van der Waals surface area contributed by atoms with Gasteiger partial charge in [0.15, 0.2) is 5.69 Å². The lowest BCUT2D eigenvalue weighted by atomic mass is 10.2. The molecule has 1 saturated heterocycles. The number of piperazine rings is 1. The molecule has 0 radical (unpaired) electrons. The van der Waals surface area contributed by atoms with Crippen LogP contribution in [0.15, 0.2) is 48.7 Å². The standard InChI is InChI=1S/C24H27FN6O3S/c25-18-7-9-19(10-8-18)31-21-5-3-4-20(21)23(28-31)24(32)27-12-17-35(33,34)30-15-13-29(14-16-30)22-6-1-2-11-26-22/h1-2,6-11H,3-5,12-17H2,(H,27,32). The number of nitrogens with zero attached hydrogens (tertiary/aromatic N) is 5. The van der Waals surface area contributed by atoms with Crippen molar-refractivity contribution in [3.05, 3.63) is 71.4 Å². The Bertz CT molecular complexity index is 1300. The van der Waals surface area contributed by atoms with Crippen molar-refractivity contribution < 1.29 is 17.6 Å². The van der Waals surface area contributed by atoms with Crippen LogP contribution in [0.25, 0.3) is 5.69 Å². The van der Waals surface area contributed by atoms with E-state index in [1.165, 1.54) is 16.4 Å². The first-order valence-corrected chi connectivity index (χ1v) is 13.3. The molecule has 0 atom stereocenters. The van der Waals surface area contributed by atoms with Crippen LogP contribution < -0.4 is 10.2 Å².